The number of rotatable bonds is 4. The predicted octanol–water partition coefficient (Wildman–Crippen LogP) is 3.99. The fourth-order valence-electron chi connectivity index (χ4n) is 2.55. The lowest BCUT2D eigenvalue weighted by Gasteiger charge is -2.35. The van der Waals surface area contributed by atoms with Crippen molar-refractivity contribution in [2.75, 3.05) is 6.54 Å². The maximum absolute atomic E-state index is 5.99. The van der Waals surface area contributed by atoms with Crippen LogP contribution in [0.15, 0.2) is 0 Å². The molecule has 0 aliphatic carbocycles. The first-order valence-corrected chi connectivity index (χ1v) is 7.48. The van der Waals surface area contributed by atoms with E-state index >= 15 is 0 Å². The van der Waals surface area contributed by atoms with Crippen molar-refractivity contribution < 1.29 is 4.74 Å². The van der Waals surface area contributed by atoms with Gasteiger partial charge in [-0.2, -0.15) is 0 Å². The Morgan fingerprint density at radius 3 is 2.11 bits per heavy atom. The van der Waals surface area contributed by atoms with Crippen LogP contribution in [0.2, 0.25) is 0 Å². The summed E-state index contributed by atoms with van der Waals surface area (Å²) >= 11 is 0. The fraction of sp³-hybridized carbons (Fsp3) is 1.00. The molecule has 1 aliphatic heterocycles. The van der Waals surface area contributed by atoms with Crippen LogP contribution in [0.25, 0.3) is 0 Å². The number of hydrogen-bond donors (Lipinski definition) is 1. The summed E-state index contributed by atoms with van der Waals surface area (Å²) in [5.41, 5.74) is 0.542. The van der Waals surface area contributed by atoms with E-state index in [4.69, 9.17) is 4.74 Å². The van der Waals surface area contributed by atoms with E-state index in [1.54, 1.807) is 0 Å². The Morgan fingerprint density at radius 1 is 1.11 bits per heavy atom. The van der Waals surface area contributed by atoms with E-state index in [9.17, 15) is 0 Å². The summed E-state index contributed by atoms with van der Waals surface area (Å²) in [5, 5.41) is 3.66. The van der Waals surface area contributed by atoms with Gasteiger partial charge < -0.3 is 10.1 Å². The monoisotopic (exact) mass is 255 g/mol. The summed E-state index contributed by atoms with van der Waals surface area (Å²) < 4.78 is 5.99. The van der Waals surface area contributed by atoms with Gasteiger partial charge in [0.1, 0.15) is 0 Å². The van der Waals surface area contributed by atoms with Gasteiger partial charge >= 0.3 is 0 Å². The molecule has 1 saturated heterocycles. The third kappa shape index (κ3) is 5.71. The van der Waals surface area contributed by atoms with Crippen LogP contribution in [0.1, 0.15) is 67.7 Å². The van der Waals surface area contributed by atoms with Gasteiger partial charge in [0.05, 0.1) is 12.2 Å². The highest BCUT2D eigenvalue weighted by Gasteiger charge is 2.31. The van der Waals surface area contributed by atoms with Gasteiger partial charge in [-0.15, -0.1) is 0 Å². The van der Waals surface area contributed by atoms with Crippen molar-refractivity contribution in [1.29, 1.82) is 0 Å². The molecule has 2 heteroatoms. The molecule has 0 aromatic carbocycles. The molecule has 18 heavy (non-hydrogen) atoms. The van der Waals surface area contributed by atoms with Crippen LogP contribution in [0.4, 0.5) is 0 Å². The van der Waals surface area contributed by atoms with Gasteiger partial charge in [-0.05, 0) is 64.8 Å². The Bertz CT molecular complexity index is 249. The van der Waals surface area contributed by atoms with Crippen LogP contribution in [-0.4, -0.2) is 24.3 Å². The van der Waals surface area contributed by atoms with Crippen LogP contribution in [0.3, 0.4) is 0 Å². The Morgan fingerprint density at radius 2 is 1.72 bits per heavy atom. The first-order chi connectivity index (χ1) is 8.08. The molecule has 0 radical (unpaired) electrons. The van der Waals surface area contributed by atoms with E-state index < -0.39 is 0 Å². The maximum Gasteiger partial charge on any atom is 0.0583 e. The molecule has 1 fully saturated rings. The minimum absolute atomic E-state index is 0.202. The molecule has 0 saturated carbocycles. The third-order valence-electron chi connectivity index (χ3n) is 3.97. The van der Waals surface area contributed by atoms with E-state index in [2.05, 4.69) is 53.8 Å². The third-order valence-corrected chi connectivity index (χ3v) is 3.97. The van der Waals surface area contributed by atoms with Crippen molar-refractivity contribution in [2.45, 2.75) is 85.5 Å². The summed E-state index contributed by atoms with van der Waals surface area (Å²) in [6.45, 7) is 17.0. The standard InChI is InChI=1S/C16H33NO/c1-12-8-9-14(18-12)10-13(15(2,3)4)11-17-16(5,6)7/h12-14,17H,8-11H2,1-7H3. The number of ether oxygens (including phenoxy) is 1. The average molecular weight is 255 g/mol. The summed E-state index contributed by atoms with van der Waals surface area (Å²) in [7, 11) is 0. The van der Waals surface area contributed by atoms with Crippen LogP contribution < -0.4 is 5.32 Å². The van der Waals surface area contributed by atoms with Gasteiger partial charge in [-0.25, -0.2) is 0 Å². The Balaban J connectivity index is 2.51. The van der Waals surface area contributed by atoms with E-state index in [1.165, 1.54) is 19.3 Å². The highest BCUT2D eigenvalue weighted by molar-refractivity contribution is 4.84. The number of nitrogens with one attached hydrogen (secondary N) is 1. The van der Waals surface area contributed by atoms with Crippen molar-refractivity contribution >= 4 is 0 Å². The van der Waals surface area contributed by atoms with Crippen molar-refractivity contribution in [3.05, 3.63) is 0 Å². The average Bonchev–Trinajstić information content (AvgIpc) is 2.55. The van der Waals surface area contributed by atoms with Crippen LogP contribution >= 0.6 is 0 Å². The second kappa shape index (κ2) is 5.92. The molecule has 0 amide bonds. The molecule has 0 spiro atoms. The lowest BCUT2D eigenvalue weighted by Crippen LogP contribution is -2.43. The molecular formula is C16H33NO. The summed E-state index contributed by atoms with van der Waals surface area (Å²) in [4.78, 5) is 0. The predicted molar refractivity (Wildman–Crippen MR) is 78.9 cm³/mol. The lowest BCUT2D eigenvalue weighted by atomic mass is 9.77. The van der Waals surface area contributed by atoms with Crippen molar-refractivity contribution in [2.24, 2.45) is 11.3 Å². The molecule has 1 heterocycles. The maximum atomic E-state index is 5.99. The Labute approximate surface area is 114 Å². The topological polar surface area (TPSA) is 21.3 Å². The first kappa shape index (κ1) is 16.0. The molecule has 3 atom stereocenters. The van der Waals surface area contributed by atoms with Gasteiger partial charge in [0.2, 0.25) is 0 Å². The molecule has 108 valence electrons. The summed E-state index contributed by atoms with van der Waals surface area (Å²) in [6, 6.07) is 0. The largest absolute Gasteiger partial charge is 0.375 e. The molecule has 0 aromatic rings. The van der Waals surface area contributed by atoms with E-state index in [1.807, 2.05) is 0 Å². The first-order valence-electron chi connectivity index (χ1n) is 7.48. The zero-order valence-electron chi connectivity index (χ0n) is 13.5. The van der Waals surface area contributed by atoms with Crippen molar-refractivity contribution in [3.63, 3.8) is 0 Å². The fourth-order valence-corrected chi connectivity index (χ4v) is 2.55. The highest BCUT2D eigenvalue weighted by atomic mass is 16.5. The molecule has 1 N–H and O–H groups in total. The molecule has 1 rings (SSSR count). The second-order valence-corrected chi connectivity index (χ2v) is 8.08. The van der Waals surface area contributed by atoms with Crippen molar-refractivity contribution in [1.82, 2.24) is 5.32 Å². The van der Waals surface area contributed by atoms with Crippen LogP contribution in [0, 0.1) is 11.3 Å². The van der Waals surface area contributed by atoms with Crippen molar-refractivity contribution in [3.8, 4) is 0 Å². The van der Waals surface area contributed by atoms with Gasteiger partial charge in [-0.1, -0.05) is 20.8 Å². The summed E-state index contributed by atoms with van der Waals surface area (Å²) in [6.07, 6.45) is 4.60. The van der Waals surface area contributed by atoms with Gasteiger partial charge in [0, 0.05) is 5.54 Å². The smallest absolute Gasteiger partial charge is 0.0583 e. The van der Waals surface area contributed by atoms with E-state index in [0.29, 0.717) is 23.5 Å². The number of hydrogen-bond acceptors (Lipinski definition) is 2. The molecule has 1 aliphatic rings. The zero-order chi connectivity index (χ0) is 14.0. The second-order valence-electron chi connectivity index (χ2n) is 8.08. The summed E-state index contributed by atoms with van der Waals surface area (Å²) in [5.74, 6) is 0.673. The van der Waals surface area contributed by atoms with E-state index in [0.717, 1.165) is 6.54 Å². The Hall–Kier alpha value is -0.0800. The minimum Gasteiger partial charge on any atom is -0.375 e. The molecule has 0 bridgehead atoms. The molecule has 0 aromatic heterocycles. The highest BCUT2D eigenvalue weighted by Crippen LogP contribution is 2.34. The normalized spacial score (nSPS) is 27.5. The Kier molecular flexibility index (Phi) is 5.25. The van der Waals surface area contributed by atoms with Crippen LogP contribution in [-0.2, 0) is 4.74 Å². The molecular weight excluding hydrogens is 222 g/mol. The van der Waals surface area contributed by atoms with Gasteiger partial charge in [0.25, 0.3) is 0 Å². The molecule has 3 unspecified atom stereocenters. The van der Waals surface area contributed by atoms with Gasteiger partial charge in [0.15, 0.2) is 0 Å². The molecule has 2 nitrogen and oxygen atoms in total. The van der Waals surface area contributed by atoms with Crippen LogP contribution in [0.5, 0.6) is 0 Å². The zero-order valence-corrected chi connectivity index (χ0v) is 13.5. The minimum atomic E-state index is 0.202. The quantitative estimate of drug-likeness (QED) is 0.820. The van der Waals surface area contributed by atoms with Gasteiger partial charge in [-0.3, -0.25) is 0 Å². The lowest BCUT2D eigenvalue weighted by molar-refractivity contribution is 0.0257. The SMILES string of the molecule is CC1CCC(CC(CNC(C)(C)C)C(C)(C)C)O1. The van der Waals surface area contributed by atoms with E-state index in [-0.39, 0.29) is 5.54 Å².